The van der Waals surface area contributed by atoms with Crippen LogP contribution in [0, 0.1) is 5.92 Å². The second-order valence-corrected chi connectivity index (χ2v) is 6.61. The smallest absolute Gasteiger partial charge is 0.191 e. The maximum atomic E-state index is 5.79. The molecule has 1 aliphatic rings. The molecule has 1 fully saturated rings. The van der Waals surface area contributed by atoms with Gasteiger partial charge < -0.3 is 15.5 Å². The summed E-state index contributed by atoms with van der Waals surface area (Å²) in [6.07, 6.45) is 5.59. The highest BCUT2D eigenvalue weighted by Crippen LogP contribution is 2.15. The van der Waals surface area contributed by atoms with Gasteiger partial charge in [0.2, 0.25) is 0 Å². The molecule has 0 bridgehead atoms. The van der Waals surface area contributed by atoms with Gasteiger partial charge in [-0.05, 0) is 56.4 Å². The SMILES string of the molecule is CN=C(NCCCN1CCC(C)CC1)NCc1ccc(Cl)nc1.I. The van der Waals surface area contributed by atoms with E-state index in [4.69, 9.17) is 11.6 Å². The first-order valence-corrected chi connectivity index (χ1v) is 8.82. The number of pyridine rings is 1. The number of nitrogens with zero attached hydrogens (tertiary/aromatic N) is 3. The minimum Gasteiger partial charge on any atom is -0.356 e. The Morgan fingerprint density at radius 2 is 2.08 bits per heavy atom. The lowest BCUT2D eigenvalue weighted by molar-refractivity contribution is 0.191. The molecule has 0 spiro atoms. The predicted octanol–water partition coefficient (Wildman–Crippen LogP) is 3.14. The standard InChI is InChI=1S/C17H28ClN5.HI/c1-14-6-10-23(11-7-14)9-3-8-20-17(19-2)22-13-15-4-5-16(18)21-12-15;/h4-5,12,14H,3,6-11,13H2,1-2H3,(H2,19,20,22);1H. The lowest BCUT2D eigenvalue weighted by Gasteiger charge is -2.30. The third-order valence-electron chi connectivity index (χ3n) is 4.29. The van der Waals surface area contributed by atoms with E-state index in [9.17, 15) is 0 Å². The number of rotatable bonds is 6. The topological polar surface area (TPSA) is 52.6 Å². The van der Waals surface area contributed by atoms with Crippen molar-refractivity contribution in [2.45, 2.75) is 32.7 Å². The average Bonchev–Trinajstić information content (AvgIpc) is 2.57. The molecule has 0 radical (unpaired) electrons. The molecule has 0 aliphatic carbocycles. The Morgan fingerprint density at radius 3 is 2.71 bits per heavy atom. The zero-order valence-electron chi connectivity index (χ0n) is 14.6. The van der Waals surface area contributed by atoms with Crippen molar-refractivity contribution in [3.63, 3.8) is 0 Å². The van der Waals surface area contributed by atoms with Crippen LogP contribution in [-0.2, 0) is 6.54 Å². The Balaban J connectivity index is 0.00000288. The zero-order valence-corrected chi connectivity index (χ0v) is 17.7. The Bertz CT molecular complexity index is 486. The summed E-state index contributed by atoms with van der Waals surface area (Å²) in [7, 11) is 1.79. The fourth-order valence-corrected chi connectivity index (χ4v) is 2.82. The molecule has 1 aliphatic heterocycles. The summed E-state index contributed by atoms with van der Waals surface area (Å²) in [4.78, 5) is 10.9. The molecule has 1 aromatic rings. The van der Waals surface area contributed by atoms with Crippen molar-refractivity contribution < 1.29 is 0 Å². The molecule has 1 saturated heterocycles. The number of halogens is 2. The molecule has 0 saturated carbocycles. The summed E-state index contributed by atoms with van der Waals surface area (Å²) < 4.78 is 0. The first kappa shape index (κ1) is 21.4. The summed E-state index contributed by atoms with van der Waals surface area (Å²) in [5.74, 6) is 1.72. The van der Waals surface area contributed by atoms with Crippen LogP contribution >= 0.6 is 35.6 Å². The molecule has 0 unspecified atom stereocenters. The van der Waals surface area contributed by atoms with Crippen LogP contribution in [0.3, 0.4) is 0 Å². The molecule has 5 nitrogen and oxygen atoms in total. The quantitative estimate of drug-likeness (QED) is 0.223. The third kappa shape index (κ3) is 7.98. The number of aromatic nitrogens is 1. The largest absolute Gasteiger partial charge is 0.356 e. The second kappa shape index (κ2) is 11.9. The highest BCUT2D eigenvalue weighted by Gasteiger charge is 2.14. The Hall–Kier alpha value is -0.600. The van der Waals surface area contributed by atoms with E-state index in [0.717, 1.165) is 37.0 Å². The van der Waals surface area contributed by atoms with Crippen molar-refractivity contribution in [3.05, 3.63) is 29.0 Å². The first-order valence-electron chi connectivity index (χ1n) is 8.44. The lowest BCUT2D eigenvalue weighted by atomic mass is 9.99. The van der Waals surface area contributed by atoms with Crippen LogP contribution in [-0.4, -0.2) is 49.1 Å². The number of likely N-dealkylation sites (tertiary alicyclic amines) is 1. The van der Waals surface area contributed by atoms with E-state index < -0.39 is 0 Å². The molecule has 1 aromatic heterocycles. The zero-order chi connectivity index (χ0) is 16.5. The average molecular weight is 466 g/mol. The van der Waals surface area contributed by atoms with Crippen molar-refractivity contribution >= 4 is 41.5 Å². The van der Waals surface area contributed by atoms with Gasteiger partial charge in [0.1, 0.15) is 5.15 Å². The van der Waals surface area contributed by atoms with Crippen LogP contribution in [0.2, 0.25) is 5.15 Å². The highest BCUT2D eigenvalue weighted by molar-refractivity contribution is 14.0. The van der Waals surface area contributed by atoms with E-state index in [2.05, 4.69) is 32.4 Å². The molecular weight excluding hydrogens is 437 g/mol. The van der Waals surface area contributed by atoms with E-state index in [1.807, 2.05) is 6.07 Å². The highest BCUT2D eigenvalue weighted by atomic mass is 127. The van der Waals surface area contributed by atoms with Crippen molar-refractivity contribution in [2.75, 3.05) is 33.2 Å². The van der Waals surface area contributed by atoms with Crippen LogP contribution < -0.4 is 10.6 Å². The number of piperidine rings is 1. The van der Waals surface area contributed by atoms with Gasteiger partial charge in [0, 0.05) is 26.3 Å². The predicted molar refractivity (Wildman–Crippen MR) is 112 cm³/mol. The Morgan fingerprint density at radius 1 is 1.33 bits per heavy atom. The molecule has 2 N–H and O–H groups in total. The molecular formula is C17H29ClIN5. The molecule has 2 rings (SSSR count). The van der Waals surface area contributed by atoms with Crippen LogP contribution in [0.5, 0.6) is 0 Å². The van der Waals surface area contributed by atoms with Crippen LogP contribution in [0.1, 0.15) is 31.7 Å². The Labute approximate surface area is 167 Å². The Kier molecular flexibility index (Phi) is 10.6. The maximum absolute atomic E-state index is 5.79. The minimum absolute atomic E-state index is 0. The summed E-state index contributed by atoms with van der Waals surface area (Å²) in [5, 5.41) is 7.17. The molecule has 7 heteroatoms. The number of guanidine groups is 1. The summed E-state index contributed by atoms with van der Waals surface area (Å²) >= 11 is 5.79. The number of hydrogen-bond acceptors (Lipinski definition) is 3. The van der Waals surface area contributed by atoms with E-state index in [1.165, 1.54) is 25.9 Å². The fraction of sp³-hybridized carbons (Fsp3) is 0.647. The summed E-state index contributed by atoms with van der Waals surface area (Å²) in [6, 6.07) is 3.77. The van der Waals surface area contributed by atoms with E-state index >= 15 is 0 Å². The van der Waals surface area contributed by atoms with E-state index in [1.54, 1.807) is 19.3 Å². The molecule has 0 aromatic carbocycles. The van der Waals surface area contributed by atoms with Gasteiger partial charge in [0.15, 0.2) is 5.96 Å². The molecule has 0 amide bonds. The van der Waals surface area contributed by atoms with Crippen molar-refractivity contribution in [1.29, 1.82) is 0 Å². The molecule has 0 atom stereocenters. The number of nitrogens with one attached hydrogen (secondary N) is 2. The van der Waals surface area contributed by atoms with E-state index in [-0.39, 0.29) is 24.0 Å². The van der Waals surface area contributed by atoms with Crippen LogP contribution in [0.4, 0.5) is 0 Å². The van der Waals surface area contributed by atoms with Crippen LogP contribution in [0.15, 0.2) is 23.3 Å². The van der Waals surface area contributed by atoms with Gasteiger partial charge in [0.05, 0.1) is 0 Å². The normalized spacial score (nSPS) is 16.5. The van der Waals surface area contributed by atoms with Crippen molar-refractivity contribution in [1.82, 2.24) is 20.5 Å². The fourth-order valence-electron chi connectivity index (χ4n) is 2.71. The lowest BCUT2D eigenvalue weighted by Crippen LogP contribution is -2.39. The number of hydrogen-bond donors (Lipinski definition) is 2. The minimum atomic E-state index is 0. The second-order valence-electron chi connectivity index (χ2n) is 6.22. The first-order chi connectivity index (χ1) is 11.2. The van der Waals surface area contributed by atoms with Gasteiger partial charge in [-0.1, -0.05) is 24.6 Å². The maximum Gasteiger partial charge on any atom is 0.191 e. The summed E-state index contributed by atoms with van der Waals surface area (Å²) in [5.41, 5.74) is 1.08. The van der Waals surface area contributed by atoms with Gasteiger partial charge in [0.25, 0.3) is 0 Å². The third-order valence-corrected chi connectivity index (χ3v) is 4.52. The van der Waals surface area contributed by atoms with Gasteiger partial charge in [-0.3, -0.25) is 4.99 Å². The monoisotopic (exact) mass is 465 g/mol. The van der Waals surface area contributed by atoms with Gasteiger partial charge in [-0.2, -0.15) is 0 Å². The molecule has 136 valence electrons. The van der Waals surface area contributed by atoms with Gasteiger partial charge >= 0.3 is 0 Å². The molecule has 2 heterocycles. The van der Waals surface area contributed by atoms with E-state index in [0.29, 0.717) is 11.7 Å². The molecule has 24 heavy (non-hydrogen) atoms. The summed E-state index contributed by atoms with van der Waals surface area (Å²) in [6.45, 7) is 7.64. The number of aliphatic imine (C=N–C) groups is 1. The van der Waals surface area contributed by atoms with Crippen molar-refractivity contribution in [3.8, 4) is 0 Å². The van der Waals surface area contributed by atoms with Gasteiger partial charge in [-0.15, -0.1) is 24.0 Å². The van der Waals surface area contributed by atoms with Crippen molar-refractivity contribution in [2.24, 2.45) is 10.9 Å². The van der Waals surface area contributed by atoms with Crippen LogP contribution in [0.25, 0.3) is 0 Å². The van der Waals surface area contributed by atoms with Gasteiger partial charge in [-0.25, -0.2) is 4.98 Å².